The summed E-state index contributed by atoms with van der Waals surface area (Å²) in [7, 11) is -2.94. The quantitative estimate of drug-likeness (QED) is 0.414. The Kier molecular flexibility index (Phi) is 2.64. The Hall–Kier alpha value is -0.580. The molecule has 4 nitrogen and oxygen atoms in total. The first kappa shape index (κ1) is 8.42. The van der Waals surface area contributed by atoms with Crippen LogP contribution in [0.3, 0.4) is 0 Å². The second-order valence-electron chi connectivity index (χ2n) is 1.91. The maximum absolute atomic E-state index is 10.4. The van der Waals surface area contributed by atoms with Crippen molar-refractivity contribution in [3.05, 3.63) is 0 Å². The number of hydrogen-bond acceptors (Lipinski definition) is 3. The molecule has 3 N–H and O–H groups in total. The summed E-state index contributed by atoms with van der Waals surface area (Å²) in [4.78, 5) is 0. The van der Waals surface area contributed by atoms with Crippen molar-refractivity contribution in [3.63, 3.8) is 0 Å². The molecule has 0 aromatic rings. The lowest BCUT2D eigenvalue weighted by molar-refractivity contribution is 0.602. The molecule has 0 aromatic heterocycles. The predicted octanol–water partition coefficient (Wildman–Crippen LogP) is -0.643. The molecule has 0 saturated heterocycles. The van der Waals surface area contributed by atoms with Crippen LogP contribution in [0.25, 0.3) is 0 Å². The van der Waals surface area contributed by atoms with Crippen LogP contribution in [0.1, 0.15) is 6.42 Å². The lowest BCUT2D eigenvalue weighted by Gasteiger charge is -1.93. The summed E-state index contributed by atoms with van der Waals surface area (Å²) in [5.74, 6) is -0.108. The number of nitrogens with two attached hydrogens (primary N) is 1. The van der Waals surface area contributed by atoms with Crippen LogP contribution in [0.15, 0.2) is 0 Å². The van der Waals surface area contributed by atoms with Crippen LogP contribution in [-0.2, 0) is 9.84 Å². The zero-order valence-electron chi connectivity index (χ0n) is 5.22. The van der Waals surface area contributed by atoms with Crippen LogP contribution in [0, 0.1) is 5.41 Å². The van der Waals surface area contributed by atoms with Crippen LogP contribution in [0.4, 0.5) is 0 Å². The zero-order valence-corrected chi connectivity index (χ0v) is 6.03. The summed E-state index contributed by atoms with van der Waals surface area (Å²) in [6, 6.07) is 0. The van der Waals surface area contributed by atoms with Crippen molar-refractivity contribution in [2.75, 3.05) is 12.0 Å². The Morgan fingerprint density at radius 2 is 2.11 bits per heavy atom. The molecule has 0 aliphatic heterocycles. The molecule has 54 valence electrons. The fourth-order valence-electron chi connectivity index (χ4n) is 0.295. The van der Waals surface area contributed by atoms with E-state index in [2.05, 4.69) is 0 Å². The highest BCUT2D eigenvalue weighted by molar-refractivity contribution is 7.90. The molecular weight excluding hydrogens is 140 g/mol. The number of nitrogens with one attached hydrogen (secondary N) is 1. The molecule has 5 heteroatoms. The average molecular weight is 150 g/mol. The molecule has 0 aliphatic rings. The summed E-state index contributed by atoms with van der Waals surface area (Å²) in [6.07, 6.45) is 1.26. The van der Waals surface area contributed by atoms with E-state index < -0.39 is 9.84 Å². The monoisotopic (exact) mass is 150 g/mol. The van der Waals surface area contributed by atoms with Crippen LogP contribution in [-0.4, -0.2) is 26.3 Å². The normalized spacial score (nSPS) is 11.2. The van der Waals surface area contributed by atoms with Gasteiger partial charge in [-0.25, -0.2) is 8.42 Å². The highest BCUT2D eigenvalue weighted by Crippen LogP contribution is 1.86. The molecular formula is C4H10N2O2S. The Labute approximate surface area is 54.5 Å². The van der Waals surface area contributed by atoms with Gasteiger partial charge in [0.1, 0.15) is 9.84 Å². The van der Waals surface area contributed by atoms with Crippen molar-refractivity contribution >= 4 is 15.7 Å². The fraction of sp³-hybridized carbons (Fsp3) is 0.750. The van der Waals surface area contributed by atoms with Gasteiger partial charge in [-0.2, -0.15) is 0 Å². The van der Waals surface area contributed by atoms with Crippen LogP contribution in [0.2, 0.25) is 0 Å². The molecule has 0 unspecified atom stereocenters. The maximum atomic E-state index is 10.4. The van der Waals surface area contributed by atoms with Crippen molar-refractivity contribution < 1.29 is 8.42 Å². The van der Waals surface area contributed by atoms with Gasteiger partial charge in [0.15, 0.2) is 0 Å². The molecule has 0 amide bonds. The second-order valence-corrected chi connectivity index (χ2v) is 4.16. The molecule has 0 aromatic carbocycles. The Morgan fingerprint density at radius 3 is 2.22 bits per heavy atom. The van der Waals surface area contributed by atoms with Gasteiger partial charge >= 0.3 is 0 Å². The molecule has 0 radical (unpaired) electrons. The van der Waals surface area contributed by atoms with E-state index in [1.807, 2.05) is 0 Å². The first-order valence-electron chi connectivity index (χ1n) is 2.42. The van der Waals surface area contributed by atoms with E-state index in [9.17, 15) is 8.42 Å². The summed E-state index contributed by atoms with van der Waals surface area (Å²) < 4.78 is 20.8. The third kappa shape index (κ3) is 7.42. The largest absolute Gasteiger partial charge is 0.388 e. The molecule has 0 bridgehead atoms. The minimum Gasteiger partial charge on any atom is -0.388 e. The van der Waals surface area contributed by atoms with Crippen molar-refractivity contribution in [3.8, 4) is 0 Å². The predicted molar refractivity (Wildman–Crippen MR) is 36.2 cm³/mol. The van der Waals surface area contributed by atoms with Crippen molar-refractivity contribution in [1.82, 2.24) is 0 Å². The number of hydrogen-bond donors (Lipinski definition) is 2. The Morgan fingerprint density at radius 1 is 1.67 bits per heavy atom. The van der Waals surface area contributed by atoms with Crippen LogP contribution >= 0.6 is 0 Å². The first-order valence-corrected chi connectivity index (χ1v) is 4.48. The smallest absolute Gasteiger partial charge is 0.147 e. The van der Waals surface area contributed by atoms with Gasteiger partial charge in [0, 0.05) is 12.7 Å². The number of sulfone groups is 1. The third-order valence-corrected chi connectivity index (χ3v) is 1.69. The zero-order chi connectivity index (χ0) is 7.49. The summed E-state index contributed by atoms with van der Waals surface area (Å²) in [6.45, 7) is 0. The van der Waals surface area contributed by atoms with E-state index >= 15 is 0 Å². The van der Waals surface area contributed by atoms with Gasteiger partial charge < -0.3 is 5.73 Å². The minimum atomic E-state index is -2.94. The van der Waals surface area contributed by atoms with Crippen molar-refractivity contribution in [2.45, 2.75) is 6.42 Å². The van der Waals surface area contributed by atoms with Gasteiger partial charge in [0.2, 0.25) is 0 Å². The third-order valence-electron chi connectivity index (χ3n) is 0.742. The Bertz CT molecular complexity index is 195. The van der Waals surface area contributed by atoms with Gasteiger partial charge in [-0.3, -0.25) is 5.41 Å². The van der Waals surface area contributed by atoms with E-state index in [-0.39, 0.29) is 18.0 Å². The summed E-state index contributed by atoms with van der Waals surface area (Å²) >= 11 is 0. The second kappa shape index (κ2) is 2.82. The number of rotatable bonds is 3. The van der Waals surface area contributed by atoms with Gasteiger partial charge in [-0.15, -0.1) is 0 Å². The molecule has 0 saturated carbocycles. The lowest BCUT2D eigenvalue weighted by Crippen LogP contribution is -2.15. The molecule has 0 aliphatic carbocycles. The molecule has 0 fully saturated rings. The highest BCUT2D eigenvalue weighted by Gasteiger charge is 2.01. The van der Waals surface area contributed by atoms with Crippen molar-refractivity contribution in [1.29, 1.82) is 5.41 Å². The van der Waals surface area contributed by atoms with Crippen LogP contribution in [0.5, 0.6) is 0 Å². The topological polar surface area (TPSA) is 84.0 Å². The SMILES string of the molecule is CS(=O)(=O)CCC(=N)N. The van der Waals surface area contributed by atoms with Crippen LogP contribution < -0.4 is 5.73 Å². The van der Waals surface area contributed by atoms with E-state index in [0.29, 0.717) is 0 Å². The summed E-state index contributed by atoms with van der Waals surface area (Å²) in [5, 5.41) is 6.69. The van der Waals surface area contributed by atoms with E-state index in [1.54, 1.807) is 0 Å². The minimum absolute atomic E-state index is 0.0255. The summed E-state index contributed by atoms with van der Waals surface area (Å²) in [5.41, 5.74) is 4.92. The van der Waals surface area contributed by atoms with E-state index in [4.69, 9.17) is 11.1 Å². The average Bonchev–Trinajstić information content (AvgIpc) is 1.59. The number of amidine groups is 1. The van der Waals surface area contributed by atoms with Crippen molar-refractivity contribution in [2.24, 2.45) is 5.73 Å². The van der Waals surface area contributed by atoms with Gasteiger partial charge in [-0.1, -0.05) is 0 Å². The van der Waals surface area contributed by atoms with Gasteiger partial charge in [0.05, 0.1) is 11.6 Å². The molecule has 0 rings (SSSR count). The fourth-order valence-corrected chi connectivity index (χ4v) is 0.886. The first-order chi connectivity index (χ1) is 3.92. The molecule has 9 heavy (non-hydrogen) atoms. The van der Waals surface area contributed by atoms with Gasteiger partial charge in [0.25, 0.3) is 0 Å². The maximum Gasteiger partial charge on any atom is 0.147 e. The molecule has 0 atom stereocenters. The highest BCUT2D eigenvalue weighted by atomic mass is 32.2. The van der Waals surface area contributed by atoms with E-state index in [0.717, 1.165) is 6.26 Å². The van der Waals surface area contributed by atoms with E-state index in [1.165, 1.54) is 0 Å². The molecule has 0 heterocycles. The standard InChI is InChI=1S/C4H10N2O2S/c1-9(7,8)3-2-4(5)6/h2-3H2,1H3,(H3,5,6). The molecule has 0 spiro atoms. The van der Waals surface area contributed by atoms with Gasteiger partial charge in [-0.05, 0) is 0 Å². The Balaban J connectivity index is 3.67. The lowest BCUT2D eigenvalue weighted by atomic mass is 10.5.